The summed E-state index contributed by atoms with van der Waals surface area (Å²) in [5.41, 5.74) is 1.80. The number of nitrogens with one attached hydrogen (secondary N) is 1. The van der Waals surface area contributed by atoms with Crippen molar-refractivity contribution >= 4 is 16.9 Å². The van der Waals surface area contributed by atoms with Gasteiger partial charge in [0.15, 0.2) is 0 Å². The van der Waals surface area contributed by atoms with Gasteiger partial charge in [-0.05, 0) is 31.2 Å². The van der Waals surface area contributed by atoms with Crippen molar-refractivity contribution < 1.29 is 29.0 Å². The minimum atomic E-state index is -0.378. The van der Waals surface area contributed by atoms with Gasteiger partial charge in [0, 0.05) is 30.4 Å². The number of aromatic nitrogens is 1. The largest absolute Gasteiger partial charge is 0.461 e. The fraction of sp³-hybridized carbons (Fsp3) is 0.167. The van der Waals surface area contributed by atoms with Crippen LogP contribution in [-0.4, -0.2) is 17.6 Å². The van der Waals surface area contributed by atoms with E-state index < -0.39 is 0 Å². The Hall–Kier alpha value is -1.66. The molecule has 0 atom stereocenters. The third kappa shape index (κ3) is 2.72. The fourth-order valence-corrected chi connectivity index (χ4v) is 1.52. The Morgan fingerprint density at radius 3 is 2.88 bits per heavy atom. The third-order valence-corrected chi connectivity index (χ3v) is 2.25. The van der Waals surface area contributed by atoms with Gasteiger partial charge in [-0.1, -0.05) is 0 Å². The second-order valence-corrected chi connectivity index (χ2v) is 3.32. The molecule has 0 radical (unpaired) electrons. The maximum atomic E-state index is 11.5. The molecule has 17 heavy (non-hydrogen) atoms. The first-order valence-electron chi connectivity index (χ1n) is 4.94. The van der Waals surface area contributed by atoms with Crippen LogP contribution in [0.4, 0.5) is 0 Å². The number of aromatic amines is 1. The molecule has 0 saturated carbocycles. The summed E-state index contributed by atoms with van der Waals surface area (Å²) in [5, 5.41) is 9.58. The average Bonchev–Trinajstić information content (AvgIpc) is 2.71. The molecule has 0 aliphatic rings. The number of carbonyl (C=O) groups is 1. The van der Waals surface area contributed by atoms with Crippen molar-refractivity contribution in [1.29, 1.82) is 5.26 Å². The summed E-state index contributed by atoms with van der Waals surface area (Å²) in [6.07, 6.45) is 0. The molecule has 5 heteroatoms. The summed E-state index contributed by atoms with van der Waals surface area (Å²) in [4.78, 5) is 14.4. The van der Waals surface area contributed by atoms with Crippen LogP contribution in [0.25, 0.3) is 10.9 Å². The van der Waals surface area contributed by atoms with E-state index in [4.69, 9.17) is 10.00 Å². The minimum absolute atomic E-state index is 0. The van der Waals surface area contributed by atoms with Gasteiger partial charge in [0.1, 0.15) is 5.69 Å². The van der Waals surface area contributed by atoms with Gasteiger partial charge in [-0.25, -0.2) is 4.79 Å². The number of fused-ring (bicyclic) bond motifs is 1. The van der Waals surface area contributed by atoms with Gasteiger partial charge in [0.2, 0.25) is 0 Å². The first-order chi connectivity index (χ1) is 7.74. The van der Waals surface area contributed by atoms with Crippen LogP contribution in [0.15, 0.2) is 24.3 Å². The van der Waals surface area contributed by atoms with E-state index in [1.165, 1.54) is 0 Å². The normalized spacial score (nSPS) is 9.41. The smallest absolute Gasteiger partial charge is 0.354 e. The zero-order valence-corrected chi connectivity index (χ0v) is 12.5. The first kappa shape index (κ1) is 13.4. The number of hydrogen-bond acceptors (Lipinski definition) is 3. The van der Waals surface area contributed by atoms with E-state index in [1.54, 1.807) is 31.2 Å². The summed E-state index contributed by atoms with van der Waals surface area (Å²) in [6, 6.07) is 8.95. The van der Waals surface area contributed by atoms with Crippen molar-refractivity contribution in [3.05, 3.63) is 35.5 Å². The molecule has 0 unspecified atom stereocenters. The minimum Gasteiger partial charge on any atom is -0.461 e. The number of hydrogen-bond donors (Lipinski definition) is 1. The second-order valence-electron chi connectivity index (χ2n) is 3.32. The van der Waals surface area contributed by atoms with Crippen LogP contribution in [0, 0.1) is 11.3 Å². The van der Waals surface area contributed by atoms with Gasteiger partial charge in [-0.3, -0.25) is 0 Å². The molecule has 0 bridgehead atoms. The predicted octanol–water partition coefficient (Wildman–Crippen LogP) is 2.21. The number of nitriles is 1. The van der Waals surface area contributed by atoms with Gasteiger partial charge in [0.25, 0.3) is 0 Å². The molecule has 1 N–H and O–H groups in total. The Morgan fingerprint density at radius 2 is 2.24 bits per heavy atom. The van der Waals surface area contributed by atoms with E-state index in [1.807, 2.05) is 0 Å². The van der Waals surface area contributed by atoms with E-state index in [0.29, 0.717) is 17.9 Å². The summed E-state index contributed by atoms with van der Waals surface area (Å²) in [5.74, 6) is -0.378. The average molecular weight is 280 g/mol. The molecule has 0 spiro atoms. The topological polar surface area (TPSA) is 65.9 Å². The van der Waals surface area contributed by atoms with Crippen molar-refractivity contribution in [1.82, 2.24) is 4.98 Å². The van der Waals surface area contributed by atoms with Crippen LogP contribution in [0.5, 0.6) is 0 Å². The fourth-order valence-electron chi connectivity index (χ4n) is 1.52. The second kappa shape index (κ2) is 5.61. The van der Waals surface area contributed by atoms with Crippen LogP contribution >= 0.6 is 0 Å². The van der Waals surface area contributed by atoms with E-state index >= 15 is 0 Å². The van der Waals surface area contributed by atoms with E-state index in [9.17, 15) is 4.79 Å². The molecule has 0 aliphatic heterocycles. The SMILES string of the molecule is CCOC(=O)c1cc2cc(C#N)ccc2[nH]1.[Zn]. The first-order valence-corrected chi connectivity index (χ1v) is 4.94. The molecule has 0 saturated heterocycles. The Labute approximate surface area is 111 Å². The van der Waals surface area contributed by atoms with Gasteiger partial charge in [0.05, 0.1) is 18.2 Å². The van der Waals surface area contributed by atoms with Crippen LogP contribution in [0.2, 0.25) is 0 Å². The van der Waals surface area contributed by atoms with Crippen LogP contribution < -0.4 is 0 Å². The molecule has 2 aromatic rings. The molecule has 1 heterocycles. The summed E-state index contributed by atoms with van der Waals surface area (Å²) in [7, 11) is 0. The van der Waals surface area contributed by atoms with Crippen molar-refractivity contribution in [2.75, 3.05) is 6.61 Å². The molecular weight excluding hydrogens is 270 g/mol. The number of benzene rings is 1. The predicted molar refractivity (Wildman–Crippen MR) is 59.0 cm³/mol. The molecule has 4 nitrogen and oxygen atoms in total. The summed E-state index contributed by atoms with van der Waals surface area (Å²) < 4.78 is 4.88. The summed E-state index contributed by atoms with van der Waals surface area (Å²) in [6.45, 7) is 2.10. The molecule has 0 fully saturated rings. The molecule has 0 amide bonds. The van der Waals surface area contributed by atoms with Crippen molar-refractivity contribution in [3.8, 4) is 6.07 Å². The number of ether oxygens (including phenoxy) is 1. The maximum absolute atomic E-state index is 11.5. The zero-order valence-electron chi connectivity index (χ0n) is 9.49. The van der Waals surface area contributed by atoms with Gasteiger partial charge >= 0.3 is 5.97 Å². The number of carbonyl (C=O) groups excluding carboxylic acids is 1. The molecule has 2 rings (SSSR count). The van der Waals surface area contributed by atoms with Crippen LogP contribution in [0.3, 0.4) is 0 Å². The quantitative estimate of drug-likeness (QED) is 0.677. The molecule has 82 valence electrons. The summed E-state index contributed by atoms with van der Waals surface area (Å²) >= 11 is 0. The number of H-pyrrole nitrogens is 1. The van der Waals surface area contributed by atoms with Crippen LogP contribution in [-0.2, 0) is 24.2 Å². The van der Waals surface area contributed by atoms with Gasteiger partial charge in [-0.2, -0.15) is 5.26 Å². The maximum Gasteiger partial charge on any atom is 0.354 e. The molecular formula is C12H10N2O2Zn. The van der Waals surface area contributed by atoms with Crippen molar-refractivity contribution in [3.63, 3.8) is 0 Å². The van der Waals surface area contributed by atoms with E-state index in [2.05, 4.69) is 11.1 Å². The third-order valence-electron chi connectivity index (χ3n) is 2.25. The van der Waals surface area contributed by atoms with E-state index in [0.717, 1.165) is 10.9 Å². The Bertz CT molecular complexity index is 584. The van der Waals surface area contributed by atoms with Crippen molar-refractivity contribution in [2.24, 2.45) is 0 Å². The van der Waals surface area contributed by atoms with E-state index in [-0.39, 0.29) is 25.4 Å². The standard InChI is InChI=1S/C12H10N2O2.Zn/c1-2-16-12(15)11-6-9-5-8(7-13)3-4-10(9)14-11;/h3-6,14H,2H2,1H3;. The number of nitrogens with zero attached hydrogens (tertiary/aromatic N) is 1. The number of esters is 1. The Kier molecular flexibility index (Phi) is 4.42. The molecule has 1 aromatic heterocycles. The molecule has 0 aliphatic carbocycles. The van der Waals surface area contributed by atoms with Crippen molar-refractivity contribution in [2.45, 2.75) is 6.92 Å². The monoisotopic (exact) mass is 278 g/mol. The van der Waals surface area contributed by atoms with Gasteiger partial charge in [-0.15, -0.1) is 0 Å². The Morgan fingerprint density at radius 1 is 1.47 bits per heavy atom. The Balaban J connectivity index is 0.00000144. The molecule has 1 aromatic carbocycles. The zero-order chi connectivity index (χ0) is 11.5. The number of rotatable bonds is 2. The van der Waals surface area contributed by atoms with Crippen LogP contribution in [0.1, 0.15) is 23.0 Å². The van der Waals surface area contributed by atoms with Gasteiger partial charge < -0.3 is 9.72 Å².